The highest BCUT2D eigenvalue weighted by molar-refractivity contribution is 9.09. The van der Waals surface area contributed by atoms with Gasteiger partial charge >= 0.3 is 5.97 Å². The molecule has 0 bridgehead atoms. The van der Waals surface area contributed by atoms with Gasteiger partial charge in [0.1, 0.15) is 5.41 Å². The van der Waals surface area contributed by atoms with Crippen LogP contribution in [0.2, 0.25) is 0 Å². The van der Waals surface area contributed by atoms with Crippen molar-refractivity contribution in [2.45, 2.75) is 16.7 Å². The first-order chi connectivity index (χ1) is 6.18. The van der Waals surface area contributed by atoms with E-state index in [1.54, 1.807) is 0 Å². The molecule has 0 aromatic heterocycles. The van der Waals surface area contributed by atoms with Crippen LogP contribution in [0.3, 0.4) is 0 Å². The van der Waals surface area contributed by atoms with Crippen LogP contribution in [0.5, 0.6) is 0 Å². The van der Waals surface area contributed by atoms with E-state index in [4.69, 9.17) is 5.11 Å². The van der Waals surface area contributed by atoms with Gasteiger partial charge in [0.25, 0.3) is 0 Å². The summed E-state index contributed by atoms with van der Waals surface area (Å²) in [6.45, 7) is 0. The van der Waals surface area contributed by atoms with Crippen LogP contribution < -0.4 is 0 Å². The third-order valence-electron chi connectivity index (χ3n) is 2.55. The Hall–Kier alpha value is -0.830. The van der Waals surface area contributed by atoms with Crippen molar-refractivity contribution in [2.75, 3.05) is 0 Å². The molecule has 0 saturated heterocycles. The van der Waals surface area contributed by atoms with E-state index in [2.05, 4.69) is 15.9 Å². The summed E-state index contributed by atoms with van der Waals surface area (Å²) in [6, 6.07) is 9.38. The number of hydrogen-bond donors (Lipinski definition) is 1. The third-order valence-corrected chi connectivity index (χ3v) is 3.65. The summed E-state index contributed by atoms with van der Waals surface area (Å²) in [5.41, 5.74) is 0.228. The van der Waals surface area contributed by atoms with Gasteiger partial charge in [-0.15, -0.1) is 0 Å². The molecule has 2 atom stereocenters. The smallest absolute Gasteiger partial charge is 0.315 e. The molecule has 0 amide bonds. The van der Waals surface area contributed by atoms with E-state index in [-0.39, 0.29) is 4.83 Å². The van der Waals surface area contributed by atoms with Gasteiger partial charge in [-0.05, 0) is 12.0 Å². The second-order valence-electron chi connectivity index (χ2n) is 3.31. The third kappa shape index (κ3) is 1.18. The lowest BCUT2D eigenvalue weighted by molar-refractivity contribution is -0.139. The van der Waals surface area contributed by atoms with Crippen LogP contribution in [0, 0.1) is 0 Å². The van der Waals surface area contributed by atoms with Gasteiger partial charge in [0.2, 0.25) is 0 Å². The lowest BCUT2D eigenvalue weighted by atomic mass is 9.96. The quantitative estimate of drug-likeness (QED) is 0.805. The van der Waals surface area contributed by atoms with Gasteiger partial charge in [0, 0.05) is 4.83 Å². The summed E-state index contributed by atoms with van der Waals surface area (Å²) in [4.78, 5) is 11.1. The fourth-order valence-corrected chi connectivity index (χ4v) is 2.57. The summed E-state index contributed by atoms with van der Waals surface area (Å²) in [6.07, 6.45) is 0.687. The van der Waals surface area contributed by atoms with Gasteiger partial charge in [-0.3, -0.25) is 4.79 Å². The number of carboxylic acids is 1. The molecule has 0 unspecified atom stereocenters. The number of carbonyl (C=O) groups is 1. The number of aliphatic carboxylic acids is 1. The van der Waals surface area contributed by atoms with E-state index in [0.717, 1.165) is 5.56 Å². The molecule has 2 nitrogen and oxygen atoms in total. The molecule has 0 spiro atoms. The van der Waals surface area contributed by atoms with Gasteiger partial charge in [0.15, 0.2) is 0 Å². The first-order valence-electron chi connectivity index (χ1n) is 4.11. The minimum Gasteiger partial charge on any atom is -0.481 e. The zero-order valence-electron chi connectivity index (χ0n) is 6.90. The van der Waals surface area contributed by atoms with Crippen LogP contribution in [0.1, 0.15) is 12.0 Å². The number of carboxylic acid groups (broad SMARTS) is 1. The Kier molecular flexibility index (Phi) is 1.91. The largest absolute Gasteiger partial charge is 0.481 e. The van der Waals surface area contributed by atoms with Crippen LogP contribution in [0.4, 0.5) is 0 Å². The Labute approximate surface area is 84.7 Å². The molecule has 2 rings (SSSR count). The maximum absolute atomic E-state index is 11.1. The van der Waals surface area contributed by atoms with E-state index in [1.807, 2.05) is 30.3 Å². The summed E-state index contributed by atoms with van der Waals surface area (Å²) in [7, 11) is 0. The summed E-state index contributed by atoms with van der Waals surface area (Å²) in [5.74, 6) is -0.736. The van der Waals surface area contributed by atoms with Crippen molar-refractivity contribution >= 4 is 21.9 Å². The van der Waals surface area contributed by atoms with Crippen molar-refractivity contribution < 1.29 is 9.90 Å². The van der Waals surface area contributed by atoms with Crippen molar-refractivity contribution in [3.8, 4) is 0 Å². The maximum atomic E-state index is 11.1. The lowest BCUT2D eigenvalue weighted by Crippen LogP contribution is -2.22. The molecule has 1 N–H and O–H groups in total. The molecule has 1 aliphatic carbocycles. The normalized spacial score (nSPS) is 31.3. The predicted molar refractivity (Wildman–Crippen MR) is 53.1 cm³/mol. The SMILES string of the molecule is O=C(O)[C@]1(c2ccccc2)C[C@@H]1Br. The fraction of sp³-hybridized carbons (Fsp3) is 0.300. The monoisotopic (exact) mass is 240 g/mol. The highest BCUT2D eigenvalue weighted by Gasteiger charge is 2.60. The molecule has 0 aliphatic heterocycles. The van der Waals surface area contributed by atoms with Gasteiger partial charge in [-0.2, -0.15) is 0 Å². The molecule has 13 heavy (non-hydrogen) atoms. The summed E-state index contributed by atoms with van der Waals surface area (Å²) >= 11 is 3.36. The van der Waals surface area contributed by atoms with E-state index in [0.29, 0.717) is 6.42 Å². The van der Waals surface area contributed by atoms with Crippen molar-refractivity contribution in [3.05, 3.63) is 35.9 Å². The van der Waals surface area contributed by atoms with Gasteiger partial charge in [-0.1, -0.05) is 46.3 Å². The average Bonchev–Trinajstić information content (AvgIpc) is 2.80. The number of hydrogen-bond acceptors (Lipinski definition) is 1. The molecule has 1 saturated carbocycles. The lowest BCUT2D eigenvalue weighted by Gasteiger charge is -2.09. The van der Waals surface area contributed by atoms with E-state index < -0.39 is 11.4 Å². The fourth-order valence-electron chi connectivity index (χ4n) is 1.60. The van der Waals surface area contributed by atoms with Crippen molar-refractivity contribution in [1.82, 2.24) is 0 Å². The van der Waals surface area contributed by atoms with Crippen molar-refractivity contribution in [3.63, 3.8) is 0 Å². The van der Waals surface area contributed by atoms with E-state index in [9.17, 15) is 4.79 Å². The van der Waals surface area contributed by atoms with Crippen LogP contribution in [-0.2, 0) is 10.2 Å². The molecular formula is C10H9BrO2. The first kappa shape index (κ1) is 8.75. The van der Waals surface area contributed by atoms with Crippen LogP contribution in [-0.4, -0.2) is 15.9 Å². The van der Waals surface area contributed by atoms with Crippen LogP contribution in [0.15, 0.2) is 30.3 Å². The highest BCUT2D eigenvalue weighted by atomic mass is 79.9. The molecule has 1 aliphatic rings. The number of benzene rings is 1. The number of rotatable bonds is 2. The minimum absolute atomic E-state index is 0.0832. The molecule has 1 fully saturated rings. The maximum Gasteiger partial charge on any atom is 0.315 e. The Morgan fingerprint density at radius 3 is 2.38 bits per heavy atom. The van der Waals surface area contributed by atoms with Gasteiger partial charge < -0.3 is 5.11 Å². The second-order valence-corrected chi connectivity index (χ2v) is 4.42. The van der Waals surface area contributed by atoms with Gasteiger partial charge in [0.05, 0.1) is 0 Å². The molecule has 0 radical (unpaired) electrons. The Balaban J connectivity index is 2.40. The van der Waals surface area contributed by atoms with Crippen molar-refractivity contribution in [1.29, 1.82) is 0 Å². The van der Waals surface area contributed by atoms with E-state index in [1.165, 1.54) is 0 Å². The standard InChI is InChI=1S/C10H9BrO2/c11-8-6-10(8,9(12)13)7-4-2-1-3-5-7/h1-5,8H,6H2,(H,12,13)/t8-,10-/m0/s1. The zero-order valence-corrected chi connectivity index (χ0v) is 8.49. The van der Waals surface area contributed by atoms with Crippen LogP contribution in [0.25, 0.3) is 0 Å². The van der Waals surface area contributed by atoms with Crippen LogP contribution >= 0.6 is 15.9 Å². The van der Waals surface area contributed by atoms with E-state index >= 15 is 0 Å². The Bertz CT molecular complexity index is 336. The Morgan fingerprint density at radius 2 is 2.00 bits per heavy atom. The topological polar surface area (TPSA) is 37.3 Å². The predicted octanol–water partition coefficient (Wildman–Crippen LogP) is 2.18. The Morgan fingerprint density at radius 1 is 1.46 bits per heavy atom. The average molecular weight is 241 g/mol. The summed E-state index contributed by atoms with van der Waals surface area (Å²) < 4.78 is 0. The summed E-state index contributed by atoms with van der Waals surface area (Å²) in [5, 5.41) is 9.10. The molecule has 1 aromatic rings. The second kappa shape index (κ2) is 2.84. The molecule has 3 heteroatoms. The van der Waals surface area contributed by atoms with Gasteiger partial charge in [-0.25, -0.2) is 0 Å². The highest BCUT2D eigenvalue weighted by Crippen LogP contribution is 2.53. The molecule has 0 heterocycles. The molecular weight excluding hydrogens is 232 g/mol. The first-order valence-corrected chi connectivity index (χ1v) is 5.02. The zero-order chi connectivity index (χ0) is 9.47. The van der Waals surface area contributed by atoms with Crippen molar-refractivity contribution in [2.24, 2.45) is 0 Å². The number of alkyl halides is 1. The molecule has 68 valence electrons. The minimum atomic E-state index is -0.736. The number of halogens is 1. The molecule has 1 aromatic carbocycles.